The predicted octanol–water partition coefficient (Wildman–Crippen LogP) is 2.58. The fraction of sp³-hybridized carbons (Fsp3) is 0.471. The third-order valence-corrected chi connectivity index (χ3v) is 3.40. The molecule has 4 nitrogen and oxygen atoms in total. The van der Waals surface area contributed by atoms with Crippen molar-refractivity contribution >= 4 is 5.91 Å². The zero-order valence-corrected chi connectivity index (χ0v) is 13.2. The van der Waals surface area contributed by atoms with Crippen molar-refractivity contribution < 1.29 is 9.53 Å². The summed E-state index contributed by atoms with van der Waals surface area (Å²) in [6.45, 7) is 8.73. The SMILES string of the molecule is C=CCOc1ccc(CN(C)C(=O)CC(N)C(C)C)cc1. The van der Waals surface area contributed by atoms with Crippen LogP contribution in [0.3, 0.4) is 0 Å². The van der Waals surface area contributed by atoms with Gasteiger partial charge in [-0.1, -0.05) is 38.6 Å². The first-order chi connectivity index (χ1) is 9.93. The molecule has 0 saturated carbocycles. The van der Waals surface area contributed by atoms with E-state index in [1.807, 2.05) is 38.1 Å². The number of benzene rings is 1. The highest BCUT2D eigenvalue weighted by Crippen LogP contribution is 2.14. The number of rotatable bonds is 8. The molecule has 21 heavy (non-hydrogen) atoms. The van der Waals surface area contributed by atoms with Gasteiger partial charge < -0.3 is 15.4 Å². The van der Waals surface area contributed by atoms with Crippen LogP contribution < -0.4 is 10.5 Å². The Morgan fingerprint density at radius 3 is 2.52 bits per heavy atom. The zero-order valence-electron chi connectivity index (χ0n) is 13.2. The van der Waals surface area contributed by atoms with Crippen LogP contribution in [0.25, 0.3) is 0 Å². The van der Waals surface area contributed by atoms with E-state index in [1.165, 1.54) is 0 Å². The Kier molecular flexibility index (Phi) is 6.96. The van der Waals surface area contributed by atoms with Crippen molar-refractivity contribution in [3.05, 3.63) is 42.5 Å². The highest BCUT2D eigenvalue weighted by Gasteiger charge is 2.16. The average molecular weight is 290 g/mol. The summed E-state index contributed by atoms with van der Waals surface area (Å²) in [6.07, 6.45) is 2.09. The van der Waals surface area contributed by atoms with E-state index in [0.29, 0.717) is 25.5 Å². The van der Waals surface area contributed by atoms with E-state index in [9.17, 15) is 4.79 Å². The van der Waals surface area contributed by atoms with Crippen LogP contribution in [0.4, 0.5) is 0 Å². The lowest BCUT2D eigenvalue weighted by Gasteiger charge is -2.21. The number of hydrogen-bond donors (Lipinski definition) is 1. The van der Waals surface area contributed by atoms with E-state index in [4.69, 9.17) is 10.5 Å². The maximum Gasteiger partial charge on any atom is 0.224 e. The Morgan fingerprint density at radius 1 is 1.38 bits per heavy atom. The van der Waals surface area contributed by atoms with Gasteiger partial charge >= 0.3 is 0 Å². The zero-order chi connectivity index (χ0) is 15.8. The molecule has 1 atom stereocenters. The van der Waals surface area contributed by atoms with Crippen LogP contribution in [0.5, 0.6) is 5.75 Å². The van der Waals surface area contributed by atoms with Crippen LogP contribution in [0, 0.1) is 5.92 Å². The van der Waals surface area contributed by atoms with Crippen molar-refractivity contribution in [3.63, 3.8) is 0 Å². The van der Waals surface area contributed by atoms with Gasteiger partial charge in [0.25, 0.3) is 0 Å². The highest BCUT2D eigenvalue weighted by atomic mass is 16.5. The predicted molar refractivity (Wildman–Crippen MR) is 86.0 cm³/mol. The molecule has 0 aliphatic heterocycles. The van der Waals surface area contributed by atoms with Crippen molar-refractivity contribution in [1.29, 1.82) is 0 Å². The second-order valence-electron chi connectivity index (χ2n) is 5.61. The Bertz CT molecular complexity index is 454. The van der Waals surface area contributed by atoms with Gasteiger partial charge in [-0.25, -0.2) is 0 Å². The molecule has 0 radical (unpaired) electrons. The number of nitrogens with zero attached hydrogens (tertiary/aromatic N) is 1. The van der Waals surface area contributed by atoms with Gasteiger partial charge in [0.2, 0.25) is 5.91 Å². The van der Waals surface area contributed by atoms with Crippen LogP contribution >= 0.6 is 0 Å². The van der Waals surface area contributed by atoms with Crippen molar-refractivity contribution in [2.45, 2.75) is 32.9 Å². The molecule has 0 aromatic heterocycles. The smallest absolute Gasteiger partial charge is 0.224 e. The fourth-order valence-corrected chi connectivity index (χ4v) is 1.80. The quantitative estimate of drug-likeness (QED) is 0.749. The molecule has 4 heteroatoms. The molecule has 1 aromatic carbocycles. The van der Waals surface area contributed by atoms with Gasteiger partial charge in [-0.05, 0) is 23.6 Å². The van der Waals surface area contributed by atoms with E-state index >= 15 is 0 Å². The van der Waals surface area contributed by atoms with Crippen LogP contribution in [-0.2, 0) is 11.3 Å². The number of hydrogen-bond acceptors (Lipinski definition) is 3. The van der Waals surface area contributed by atoms with E-state index in [1.54, 1.807) is 18.0 Å². The van der Waals surface area contributed by atoms with Crippen molar-refractivity contribution in [2.24, 2.45) is 11.7 Å². The van der Waals surface area contributed by atoms with Gasteiger partial charge in [0, 0.05) is 26.1 Å². The van der Waals surface area contributed by atoms with Gasteiger partial charge in [-0.2, -0.15) is 0 Å². The molecule has 1 aromatic rings. The minimum atomic E-state index is -0.0883. The summed E-state index contributed by atoms with van der Waals surface area (Å²) < 4.78 is 5.43. The van der Waals surface area contributed by atoms with Gasteiger partial charge in [0.15, 0.2) is 0 Å². The Balaban J connectivity index is 2.52. The first kappa shape index (κ1) is 17.2. The lowest BCUT2D eigenvalue weighted by molar-refractivity contribution is -0.131. The van der Waals surface area contributed by atoms with Gasteiger partial charge in [0.1, 0.15) is 12.4 Å². The summed E-state index contributed by atoms with van der Waals surface area (Å²) >= 11 is 0. The normalized spacial score (nSPS) is 12.0. The molecule has 1 rings (SSSR count). The van der Waals surface area contributed by atoms with Gasteiger partial charge in [-0.15, -0.1) is 0 Å². The molecule has 116 valence electrons. The minimum Gasteiger partial charge on any atom is -0.490 e. The maximum atomic E-state index is 12.1. The summed E-state index contributed by atoms with van der Waals surface area (Å²) in [5.74, 6) is 1.18. The number of ether oxygens (including phenoxy) is 1. The highest BCUT2D eigenvalue weighted by molar-refractivity contribution is 5.76. The molecule has 2 N–H and O–H groups in total. The van der Waals surface area contributed by atoms with Crippen LogP contribution in [-0.4, -0.2) is 30.5 Å². The maximum absolute atomic E-state index is 12.1. The number of carbonyl (C=O) groups is 1. The molecule has 0 bridgehead atoms. The lowest BCUT2D eigenvalue weighted by atomic mass is 10.0. The van der Waals surface area contributed by atoms with Crippen molar-refractivity contribution in [1.82, 2.24) is 4.90 Å². The third kappa shape index (κ3) is 6.00. The van der Waals surface area contributed by atoms with Crippen LogP contribution in [0.1, 0.15) is 25.8 Å². The van der Waals surface area contributed by atoms with E-state index in [-0.39, 0.29) is 11.9 Å². The topological polar surface area (TPSA) is 55.6 Å². The largest absolute Gasteiger partial charge is 0.490 e. The second kappa shape index (κ2) is 8.47. The monoisotopic (exact) mass is 290 g/mol. The summed E-state index contributed by atoms with van der Waals surface area (Å²) in [4.78, 5) is 13.8. The summed E-state index contributed by atoms with van der Waals surface area (Å²) in [5.41, 5.74) is 7.01. The summed E-state index contributed by atoms with van der Waals surface area (Å²) in [7, 11) is 1.80. The molecule has 0 fully saturated rings. The third-order valence-electron chi connectivity index (χ3n) is 3.40. The Hall–Kier alpha value is -1.81. The first-order valence-electron chi connectivity index (χ1n) is 7.26. The van der Waals surface area contributed by atoms with Gasteiger partial charge in [-0.3, -0.25) is 4.79 Å². The molecule has 1 amide bonds. The molecule has 1 unspecified atom stereocenters. The molecular weight excluding hydrogens is 264 g/mol. The first-order valence-corrected chi connectivity index (χ1v) is 7.26. The number of carbonyl (C=O) groups excluding carboxylic acids is 1. The molecule has 0 aliphatic carbocycles. The minimum absolute atomic E-state index is 0.0724. The summed E-state index contributed by atoms with van der Waals surface area (Å²) in [6, 6.07) is 7.64. The average Bonchev–Trinajstić information content (AvgIpc) is 2.46. The standard InChI is InChI=1S/C17H26N2O2/c1-5-10-21-15-8-6-14(7-9-15)12-19(4)17(20)11-16(18)13(2)3/h5-9,13,16H,1,10-12,18H2,2-4H3. The van der Waals surface area contributed by atoms with E-state index in [0.717, 1.165) is 11.3 Å². The van der Waals surface area contributed by atoms with Gasteiger partial charge in [0.05, 0.1) is 0 Å². The number of amides is 1. The molecule has 0 heterocycles. The molecule has 0 saturated heterocycles. The number of nitrogens with two attached hydrogens (primary N) is 1. The second-order valence-corrected chi connectivity index (χ2v) is 5.61. The lowest BCUT2D eigenvalue weighted by Crippen LogP contribution is -2.35. The van der Waals surface area contributed by atoms with Crippen LogP contribution in [0.15, 0.2) is 36.9 Å². The molecular formula is C17H26N2O2. The fourth-order valence-electron chi connectivity index (χ4n) is 1.80. The van der Waals surface area contributed by atoms with Crippen LogP contribution in [0.2, 0.25) is 0 Å². The Labute approximate surface area is 127 Å². The summed E-state index contributed by atoms with van der Waals surface area (Å²) in [5, 5.41) is 0. The Morgan fingerprint density at radius 2 is 2.00 bits per heavy atom. The van der Waals surface area contributed by atoms with Crippen molar-refractivity contribution in [2.75, 3.05) is 13.7 Å². The van der Waals surface area contributed by atoms with Crippen molar-refractivity contribution in [3.8, 4) is 5.75 Å². The van der Waals surface area contributed by atoms with E-state index < -0.39 is 0 Å². The molecule has 0 spiro atoms. The van der Waals surface area contributed by atoms with E-state index in [2.05, 4.69) is 6.58 Å². The molecule has 0 aliphatic rings.